The molecule has 1 aliphatic heterocycles. The van der Waals surface area contributed by atoms with Crippen molar-refractivity contribution in [2.45, 2.75) is 32.1 Å². The monoisotopic (exact) mass is 268 g/mol. The molecule has 100 valence electrons. The van der Waals surface area contributed by atoms with E-state index in [0.717, 1.165) is 17.7 Å². The standard InChI is InChI=1S/C13H20N2O2S/c1-3-11(2)15-9-8-14-13-7-5-4-6-12(13)10-18(15,16)17/h4-7,11,14H,3,8-10H2,1-2H3. The summed E-state index contributed by atoms with van der Waals surface area (Å²) in [7, 11) is -3.21. The molecule has 2 rings (SSSR count). The van der Waals surface area contributed by atoms with Crippen molar-refractivity contribution in [2.75, 3.05) is 18.4 Å². The molecule has 1 heterocycles. The molecule has 0 aliphatic carbocycles. The summed E-state index contributed by atoms with van der Waals surface area (Å²) in [5.74, 6) is 0.0838. The number of nitrogens with zero attached hydrogens (tertiary/aromatic N) is 1. The summed E-state index contributed by atoms with van der Waals surface area (Å²) in [6.45, 7) is 5.16. The normalized spacial score (nSPS) is 21.2. The van der Waals surface area contributed by atoms with Gasteiger partial charge in [0, 0.05) is 24.8 Å². The van der Waals surface area contributed by atoms with E-state index in [-0.39, 0.29) is 11.8 Å². The fraction of sp³-hybridized carbons (Fsp3) is 0.538. The first kappa shape index (κ1) is 13.4. The summed E-state index contributed by atoms with van der Waals surface area (Å²) in [5.41, 5.74) is 1.79. The Bertz CT molecular complexity index is 513. The van der Waals surface area contributed by atoms with Crippen molar-refractivity contribution in [1.82, 2.24) is 4.31 Å². The van der Waals surface area contributed by atoms with E-state index in [0.29, 0.717) is 13.1 Å². The third-order valence-corrected chi connectivity index (χ3v) is 5.38. The van der Waals surface area contributed by atoms with Gasteiger partial charge in [0.15, 0.2) is 0 Å². The van der Waals surface area contributed by atoms with Crippen LogP contribution >= 0.6 is 0 Å². The number of sulfonamides is 1. The maximum atomic E-state index is 12.4. The molecule has 0 aromatic heterocycles. The number of rotatable bonds is 2. The average molecular weight is 268 g/mol. The summed E-state index contributed by atoms with van der Waals surface area (Å²) in [5, 5.41) is 3.31. The molecule has 1 atom stereocenters. The minimum absolute atomic E-state index is 0.0575. The third-order valence-electron chi connectivity index (χ3n) is 3.44. The first-order valence-electron chi connectivity index (χ1n) is 6.36. The highest BCUT2D eigenvalue weighted by Crippen LogP contribution is 2.23. The lowest BCUT2D eigenvalue weighted by atomic mass is 10.2. The van der Waals surface area contributed by atoms with Gasteiger partial charge < -0.3 is 5.32 Å². The predicted molar refractivity (Wildman–Crippen MR) is 74.0 cm³/mol. The Balaban J connectivity index is 2.35. The zero-order valence-corrected chi connectivity index (χ0v) is 11.7. The molecule has 1 N–H and O–H groups in total. The van der Waals surface area contributed by atoms with Crippen molar-refractivity contribution in [3.05, 3.63) is 29.8 Å². The highest BCUT2D eigenvalue weighted by atomic mass is 32.2. The Kier molecular flexibility index (Phi) is 3.92. The van der Waals surface area contributed by atoms with Gasteiger partial charge in [0.1, 0.15) is 0 Å². The molecular weight excluding hydrogens is 248 g/mol. The lowest BCUT2D eigenvalue weighted by molar-refractivity contribution is 0.337. The van der Waals surface area contributed by atoms with Crippen LogP contribution in [0.1, 0.15) is 25.8 Å². The first-order chi connectivity index (χ1) is 8.54. The van der Waals surface area contributed by atoms with Crippen LogP contribution in [0.4, 0.5) is 5.69 Å². The molecule has 0 spiro atoms. The van der Waals surface area contributed by atoms with Crippen molar-refractivity contribution in [3.63, 3.8) is 0 Å². The van der Waals surface area contributed by atoms with Gasteiger partial charge >= 0.3 is 0 Å². The molecule has 0 saturated carbocycles. The summed E-state index contributed by atoms with van der Waals surface area (Å²) < 4.78 is 26.5. The van der Waals surface area contributed by atoms with Crippen LogP contribution in [-0.2, 0) is 15.8 Å². The average Bonchev–Trinajstić information content (AvgIpc) is 2.33. The summed E-state index contributed by atoms with van der Waals surface area (Å²) in [6.07, 6.45) is 0.834. The molecule has 1 aliphatic rings. The van der Waals surface area contributed by atoms with Crippen LogP contribution in [0.25, 0.3) is 0 Å². The van der Waals surface area contributed by atoms with Crippen LogP contribution < -0.4 is 5.32 Å². The van der Waals surface area contributed by atoms with Gasteiger partial charge in [-0.15, -0.1) is 0 Å². The quantitative estimate of drug-likeness (QED) is 0.893. The molecule has 5 heteroatoms. The van der Waals surface area contributed by atoms with Crippen molar-refractivity contribution < 1.29 is 8.42 Å². The van der Waals surface area contributed by atoms with Crippen LogP contribution in [0.3, 0.4) is 0 Å². The Labute approximate surface area is 109 Å². The van der Waals surface area contributed by atoms with Crippen LogP contribution in [-0.4, -0.2) is 31.9 Å². The van der Waals surface area contributed by atoms with Gasteiger partial charge in [-0.3, -0.25) is 0 Å². The number of hydrogen-bond acceptors (Lipinski definition) is 3. The van der Waals surface area contributed by atoms with Gasteiger partial charge in [0.25, 0.3) is 0 Å². The maximum Gasteiger partial charge on any atom is 0.218 e. The van der Waals surface area contributed by atoms with Crippen LogP contribution in [0.5, 0.6) is 0 Å². The predicted octanol–water partition coefficient (Wildman–Crippen LogP) is 2.04. The molecule has 0 amide bonds. The second-order valence-electron chi connectivity index (χ2n) is 4.71. The SMILES string of the molecule is CCC(C)N1CCNc2ccccc2CS1(=O)=O. The Morgan fingerprint density at radius 1 is 1.39 bits per heavy atom. The number of fused-ring (bicyclic) bond motifs is 1. The summed E-state index contributed by atoms with van der Waals surface area (Å²) in [4.78, 5) is 0. The number of anilines is 1. The number of nitrogens with one attached hydrogen (secondary N) is 1. The van der Waals surface area contributed by atoms with E-state index in [1.165, 1.54) is 0 Å². The van der Waals surface area contributed by atoms with Crippen molar-refractivity contribution >= 4 is 15.7 Å². The van der Waals surface area contributed by atoms with Crippen LogP contribution in [0, 0.1) is 0 Å². The molecule has 0 radical (unpaired) electrons. The number of benzene rings is 1. The van der Waals surface area contributed by atoms with Crippen molar-refractivity contribution in [1.29, 1.82) is 0 Å². The molecule has 18 heavy (non-hydrogen) atoms. The van der Waals surface area contributed by atoms with Gasteiger partial charge in [-0.25, -0.2) is 8.42 Å². The highest BCUT2D eigenvalue weighted by Gasteiger charge is 2.28. The van der Waals surface area contributed by atoms with E-state index in [1.807, 2.05) is 38.1 Å². The molecule has 1 aromatic carbocycles. The Morgan fingerprint density at radius 2 is 2.11 bits per heavy atom. The van der Waals surface area contributed by atoms with Gasteiger partial charge in [0.05, 0.1) is 5.75 Å². The largest absolute Gasteiger partial charge is 0.383 e. The molecule has 1 unspecified atom stereocenters. The summed E-state index contributed by atoms with van der Waals surface area (Å²) >= 11 is 0. The molecule has 4 nitrogen and oxygen atoms in total. The zero-order chi connectivity index (χ0) is 13.2. The van der Waals surface area contributed by atoms with E-state index in [4.69, 9.17) is 0 Å². The maximum absolute atomic E-state index is 12.4. The fourth-order valence-electron chi connectivity index (χ4n) is 2.24. The topological polar surface area (TPSA) is 49.4 Å². The lowest BCUT2D eigenvalue weighted by Gasteiger charge is -2.30. The van der Waals surface area contributed by atoms with E-state index < -0.39 is 10.0 Å². The smallest absolute Gasteiger partial charge is 0.218 e. The number of para-hydroxylation sites is 1. The molecular formula is C13H20N2O2S. The number of hydrogen-bond donors (Lipinski definition) is 1. The minimum Gasteiger partial charge on any atom is -0.383 e. The first-order valence-corrected chi connectivity index (χ1v) is 7.97. The van der Waals surface area contributed by atoms with Crippen LogP contribution in [0.2, 0.25) is 0 Å². The Morgan fingerprint density at radius 3 is 2.83 bits per heavy atom. The van der Waals surface area contributed by atoms with Crippen molar-refractivity contribution in [3.8, 4) is 0 Å². The van der Waals surface area contributed by atoms with E-state index in [1.54, 1.807) is 4.31 Å². The van der Waals surface area contributed by atoms with Gasteiger partial charge in [-0.2, -0.15) is 4.31 Å². The van der Waals surface area contributed by atoms with E-state index in [9.17, 15) is 8.42 Å². The second-order valence-corrected chi connectivity index (χ2v) is 6.63. The molecule has 0 saturated heterocycles. The fourth-order valence-corrected chi connectivity index (χ4v) is 4.11. The Hall–Kier alpha value is -1.07. The highest BCUT2D eigenvalue weighted by molar-refractivity contribution is 7.88. The molecule has 0 fully saturated rings. The summed E-state index contributed by atoms with van der Waals surface area (Å²) in [6, 6.07) is 7.67. The minimum atomic E-state index is -3.21. The molecule has 1 aromatic rings. The van der Waals surface area contributed by atoms with E-state index >= 15 is 0 Å². The molecule has 0 bridgehead atoms. The third kappa shape index (κ3) is 2.67. The zero-order valence-electron chi connectivity index (χ0n) is 10.9. The lowest BCUT2D eigenvalue weighted by Crippen LogP contribution is -2.43. The van der Waals surface area contributed by atoms with Gasteiger partial charge in [-0.05, 0) is 25.0 Å². The van der Waals surface area contributed by atoms with Gasteiger partial charge in [-0.1, -0.05) is 25.1 Å². The van der Waals surface area contributed by atoms with Crippen LogP contribution in [0.15, 0.2) is 24.3 Å². The van der Waals surface area contributed by atoms with E-state index in [2.05, 4.69) is 5.32 Å². The van der Waals surface area contributed by atoms with Crippen molar-refractivity contribution in [2.24, 2.45) is 0 Å². The second kappa shape index (κ2) is 5.28. The van der Waals surface area contributed by atoms with Gasteiger partial charge in [0.2, 0.25) is 10.0 Å².